The fourth-order valence-electron chi connectivity index (χ4n) is 1.48. The van der Waals surface area contributed by atoms with Crippen molar-refractivity contribution in [1.82, 2.24) is 5.32 Å². The summed E-state index contributed by atoms with van der Waals surface area (Å²) >= 11 is 1.37. The van der Waals surface area contributed by atoms with Crippen LogP contribution in [0.15, 0.2) is 12.1 Å². The SMILES string of the molecule is CSCC[C@@H](NC(=O)c1c(F)cc(F)cc1F)C(=O)O. The van der Waals surface area contributed by atoms with E-state index in [4.69, 9.17) is 5.11 Å². The largest absolute Gasteiger partial charge is 0.480 e. The molecule has 0 aromatic heterocycles. The standard InChI is InChI=1S/C12H12F3NO3S/c1-20-3-2-9(12(18)19)16-11(17)10-7(14)4-6(13)5-8(10)15/h4-5,9H,2-3H2,1H3,(H,16,17)(H,18,19)/t9-/m1/s1. The van der Waals surface area contributed by atoms with Crippen LogP contribution in [0.5, 0.6) is 0 Å². The van der Waals surface area contributed by atoms with Gasteiger partial charge in [-0.25, -0.2) is 18.0 Å². The summed E-state index contributed by atoms with van der Waals surface area (Å²) in [6.07, 6.45) is 1.85. The second-order valence-corrected chi connectivity index (χ2v) is 4.88. The van der Waals surface area contributed by atoms with E-state index in [9.17, 15) is 22.8 Å². The number of halogens is 3. The van der Waals surface area contributed by atoms with Gasteiger partial charge in [-0.3, -0.25) is 4.79 Å². The second kappa shape index (κ2) is 7.18. The molecule has 0 saturated carbocycles. The maximum Gasteiger partial charge on any atom is 0.326 e. The van der Waals surface area contributed by atoms with Crippen LogP contribution in [0.4, 0.5) is 13.2 Å². The molecule has 0 aliphatic rings. The van der Waals surface area contributed by atoms with E-state index in [1.807, 2.05) is 5.32 Å². The van der Waals surface area contributed by atoms with E-state index >= 15 is 0 Å². The van der Waals surface area contributed by atoms with Crippen molar-refractivity contribution >= 4 is 23.6 Å². The highest BCUT2D eigenvalue weighted by molar-refractivity contribution is 7.98. The molecule has 0 bridgehead atoms. The van der Waals surface area contributed by atoms with Crippen LogP contribution in [-0.4, -0.2) is 35.0 Å². The number of carboxylic acid groups (broad SMARTS) is 1. The van der Waals surface area contributed by atoms with Crippen molar-refractivity contribution in [3.8, 4) is 0 Å². The highest BCUT2D eigenvalue weighted by Gasteiger charge is 2.24. The fourth-order valence-corrected chi connectivity index (χ4v) is 1.95. The zero-order chi connectivity index (χ0) is 15.3. The Morgan fingerprint density at radius 3 is 2.30 bits per heavy atom. The lowest BCUT2D eigenvalue weighted by atomic mass is 10.1. The van der Waals surface area contributed by atoms with Gasteiger partial charge in [0.25, 0.3) is 5.91 Å². The average molecular weight is 307 g/mol. The van der Waals surface area contributed by atoms with Crippen molar-refractivity contribution in [3.63, 3.8) is 0 Å². The molecule has 0 aliphatic carbocycles. The highest BCUT2D eigenvalue weighted by atomic mass is 32.2. The number of rotatable bonds is 6. The van der Waals surface area contributed by atoms with Crippen LogP contribution in [0.25, 0.3) is 0 Å². The fraction of sp³-hybridized carbons (Fsp3) is 0.333. The maximum absolute atomic E-state index is 13.4. The Bertz CT molecular complexity index is 502. The Labute approximate surface area is 117 Å². The van der Waals surface area contributed by atoms with Crippen LogP contribution >= 0.6 is 11.8 Å². The monoisotopic (exact) mass is 307 g/mol. The van der Waals surface area contributed by atoms with Crippen LogP contribution in [0.3, 0.4) is 0 Å². The minimum absolute atomic E-state index is 0.104. The molecule has 1 atom stereocenters. The molecule has 0 saturated heterocycles. The first kappa shape index (κ1) is 16.4. The third-order valence-corrected chi connectivity index (χ3v) is 3.09. The summed E-state index contributed by atoms with van der Waals surface area (Å²) in [5, 5.41) is 10.9. The van der Waals surface area contributed by atoms with Gasteiger partial charge in [0.05, 0.1) is 0 Å². The van der Waals surface area contributed by atoms with E-state index in [-0.39, 0.29) is 6.42 Å². The Morgan fingerprint density at radius 1 is 1.30 bits per heavy atom. The van der Waals surface area contributed by atoms with Gasteiger partial charge < -0.3 is 10.4 Å². The molecule has 0 radical (unpaired) electrons. The minimum Gasteiger partial charge on any atom is -0.480 e. The van der Waals surface area contributed by atoms with Gasteiger partial charge in [-0.05, 0) is 18.4 Å². The average Bonchev–Trinajstić information content (AvgIpc) is 2.32. The van der Waals surface area contributed by atoms with Crippen LogP contribution < -0.4 is 5.32 Å². The van der Waals surface area contributed by atoms with Crippen molar-refractivity contribution in [2.24, 2.45) is 0 Å². The number of carbonyl (C=O) groups excluding carboxylic acids is 1. The van der Waals surface area contributed by atoms with E-state index < -0.39 is 40.9 Å². The molecule has 1 rings (SSSR count). The molecule has 0 spiro atoms. The lowest BCUT2D eigenvalue weighted by Crippen LogP contribution is -2.41. The second-order valence-electron chi connectivity index (χ2n) is 3.89. The van der Waals surface area contributed by atoms with Crippen LogP contribution in [0.2, 0.25) is 0 Å². The molecule has 0 unspecified atom stereocenters. The molecule has 0 aliphatic heterocycles. The number of amides is 1. The highest BCUT2D eigenvalue weighted by Crippen LogP contribution is 2.15. The molecule has 1 amide bonds. The number of hydrogen-bond acceptors (Lipinski definition) is 3. The Balaban J connectivity index is 2.92. The summed E-state index contributed by atoms with van der Waals surface area (Å²) in [6, 6.07) is -0.551. The number of thioether (sulfide) groups is 1. The van der Waals surface area contributed by atoms with Crippen LogP contribution in [0, 0.1) is 17.5 Å². The van der Waals surface area contributed by atoms with Gasteiger partial charge in [0.2, 0.25) is 0 Å². The molecular weight excluding hydrogens is 295 g/mol. The Hall–Kier alpha value is -1.70. The molecule has 2 N–H and O–H groups in total. The number of carbonyl (C=O) groups is 2. The smallest absolute Gasteiger partial charge is 0.326 e. The third-order valence-electron chi connectivity index (χ3n) is 2.45. The molecule has 4 nitrogen and oxygen atoms in total. The van der Waals surface area contributed by atoms with Crippen molar-refractivity contribution in [1.29, 1.82) is 0 Å². The summed E-state index contributed by atoms with van der Waals surface area (Å²) in [6.45, 7) is 0. The molecule has 1 aromatic rings. The van der Waals surface area contributed by atoms with Crippen molar-refractivity contribution in [2.45, 2.75) is 12.5 Å². The summed E-state index contributed by atoms with van der Waals surface area (Å²) in [4.78, 5) is 22.6. The summed E-state index contributed by atoms with van der Waals surface area (Å²) in [5.41, 5.74) is -0.998. The first-order valence-electron chi connectivity index (χ1n) is 5.54. The number of hydrogen-bond donors (Lipinski definition) is 2. The van der Waals surface area contributed by atoms with Gasteiger partial charge in [-0.15, -0.1) is 0 Å². The van der Waals surface area contributed by atoms with Gasteiger partial charge in [-0.1, -0.05) is 0 Å². The maximum atomic E-state index is 13.4. The van der Waals surface area contributed by atoms with Gasteiger partial charge in [0, 0.05) is 12.1 Å². The normalized spacial score (nSPS) is 12.0. The predicted octanol–water partition coefficient (Wildman–Crippen LogP) is 2.04. The van der Waals surface area contributed by atoms with E-state index in [1.54, 1.807) is 6.26 Å². The zero-order valence-electron chi connectivity index (χ0n) is 10.5. The van der Waals surface area contributed by atoms with Gasteiger partial charge >= 0.3 is 5.97 Å². The van der Waals surface area contributed by atoms with E-state index in [2.05, 4.69) is 0 Å². The summed E-state index contributed by atoms with van der Waals surface area (Å²) < 4.78 is 39.5. The summed E-state index contributed by atoms with van der Waals surface area (Å²) in [5.74, 6) is -6.01. The van der Waals surface area contributed by atoms with Crippen molar-refractivity contribution < 1.29 is 27.9 Å². The number of nitrogens with one attached hydrogen (secondary N) is 1. The molecule has 110 valence electrons. The number of carboxylic acids is 1. The lowest BCUT2D eigenvalue weighted by molar-refractivity contribution is -0.139. The molecule has 8 heteroatoms. The Kier molecular flexibility index (Phi) is 5.87. The van der Waals surface area contributed by atoms with Gasteiger partial charge in [0.1, 0.15) is 29.1 Å². The third kappa shape index (κ3) is 4.16. The van der Waals surface area contributed by atoms with Crippen molar-refractivity contribution in [3.05, 3.63) is 35.1 Å². The van der Waals surface area contributed by atoms with Crippen molar-refractivity contribution in [2.75, 3.05) is 12.0 Å². The zero-order valence-corrected chi connectivity index (χ0v) is 11.3. The molecule has 0 heterocycles. The molecule has 1 aromatic carbocycles. The van der Waals surface area contributed by atoms with E-state index in [1.165, 1.54) is 11.8 Å². The lowest BCUT2D eigenvalue weighted by Gasteiger charge is -2.14. The van der Waals surface area contributed by atoms with Crippen LogP contribution in [-0.2, 0) is 4.79 Å². The molecule has 0 fully saturated rings. The van der Waals surface area contributed by atoms with Gasteiger partial charge in [-0.2, -0.15) is 11.8 Å². The van der Waals surface area contributed by atoms with E-state index in [0.29, 0.717) is 17.9 Å². The minimum atomic E-state index is -1.38. The quantitative estimate of drug-likeness (QED) is 0.844. The van der Waals surface area contributed by atoms with E-state index in [0.717, 1.165) is 0 Å². The van der Waals surface area contributed by atoms with Crippen LogP contribution in [0.1, 0.15) is 16.8 Å². The number of aliphatic carboxylic acids is 1. The topological polar surface area (TPSA) is 66.4 Å². The molecular formula is C12H12F3NO3S. The first-order valence-corrected chi connectivity index (χ1v) is 6.93. The predicted molar refractivity (Wildman–Crippen MR) is 68.2 cm³/mol. The number of benzene rings is 1. The summed E-state index contributed by atoms with van der Waals surface area (Å²) in [7, 11) is 0. The van der Waals surface area contributed by atoms with Gasteiger partial charge in [0.15, 0.2) is 0 Å². The Morgan fingerprint density at radius 2 is 1.85 bits per heavy atom. The first-order chi connectivity index (χ1) is 9.36. The molecule has 20 heavy (non-hydrogen) atoms.